The molecule has 5 aromatic rings. The molecule has 3 aromatic carbocycles. The predicted octanol–water partition coefficient (Wildman–Crippen LogP) is 6.85. The fourth-order valence-corrected chi connectivity index (χ4v) is 5.72. The van der Waals surface area contributed by atoms with E-state index in [4.69, 9.17) is 21.3 Å². The average molecular weight is 550 g/mol. The summed E-state index contributed by atoms with van der Waals surface area (Å²) in [7, 11) is 0. The first-order valence-corrected chi connectivity index (χ1v) is 13.9. The second kappa shape index (κ2) is 11.3. The minimum atomic E-state index is -0.113. The second-order valence-corrected chi connectivity index (χ2v) is 10.7. The summed E-state index contributed by atoms with van der Waals surface area (Å²) in [6, 6.07) is 21.2. The summed E-state index contributed by atoms with van der Waals surface area (Å²) in [5.74, 6) is 1.50. The number of ether oxygens (including phenoxy) is 1. The smallest absolute Gasteiger partial charge is 0.234 e. The Morgan fingerprint density at radius 1 is 1.08 bits per heavy atom. The van der Waals surface area contributed by atoms with Crippen LogP contribution in [0.3, 0.4) is 0 Å². The van der Waals surface area contributed by atoms with Gasteiger partial charge in [0.05, 0.1) is 16.0 Å². The molecule has 188 valence electrons. The third-order valence-electron chi connectivity index (χ3n) is 5.58. The number of amides is 1. The monoisotopic (exact) mass is 549 g/mol. The van der Waals surface area contributed by atoms with Crippen LogP contribution in [-0.4, -0.2) is 31.4 Å². The zero-order valence-electron chi connectivity index (χ0n) is 20.3. The summed E-state index contributed by atoms with van der Waals surface area (Å²) in [6.45, 7) is 5.03. The lowest BCUT2D eigenvalue weighted by Crippen LogP contribution is -2.15. The van der Waals surface area contributed by atoms with E-state index in [-0.39, 0.29) is 18.3 Å². The van der Waals surface area contributed by atoms with Gasteiger partial charge in [-0.1, -0.05) is 29.4 Å². The molecular formula is C27H24ClN5O2S2. The Morgan fingerprint density at radius 3 is 2.62 bits per heavy atom. The molecular weight excluding hydrogens is 526 g/mol. The number of fused-ring (bicyclic) bond motifs is 1. The van der Waals surface area contributed by atoms with E-state index in [0.717, 1.165) is 21.8 Å². The number of halogens is 1. The number of thiazole rings is 1. The molecule has 0 atom stereocenters. The number of aryl methyl sites for hydroxylation is 1. The zero-order valence-corrected chi connectivity index (χ0v) is 22.7. The van der Waals surface area contributed by atoms with E-state index in [1.54, 1.807) is 35.6 Å². The third kappa shape index (κ3) is 6.12. The summed E-state index contributed by atoms with van der Waals surface area (Å²) >= 11 is 8.93. The van der Waals surface area contributed by atoms with Crippen molar-refractivity contribution < 1.29 is 9.53 Å². The van der Waals surface area contributed by atoms with Gasteiger partial charge in [0.25, 0.3) is 0 Å². The molecule has 0 bridgehead atoms. The summed E-state index contributed by atoms with van der Waals surface area (Å²) in [4.78, 5) is 17.3. The first-order chi connectivity index (χ1) is 18.0. The summed E-state index contributed by atoms with van der Waals surface area (Å²) in [5, 5.41) is 13.7. The van der Waals surface area contributed by atoms with E-state index >= 15 is 0 Å². The quantitative estimate of drug-likeness (QED) is 0.203. The van der Waals surface area contributed by atoms with E-state index in [1.807, 2.05) is 41.8 Å². The number of anilines is 1. The van der Waals surface area contributed by atoms with Crippen LogP contribution < -0.4 is 10.1 Å². The summed E-state index contributed by atoms with van der Waals surface area (Å²) in [5.41, 5.74) is 3.98. The maximum Gasteiger partial charge on any atom is 0.234 e. The highest BCUT2D eigenvalue weighted by Gasteiger charge is 2.14. The highest BCUT2D eigenvalue weighted by Crippen LogP contribution is 2.31. The van der Waals surface area contributed by atoms with Gasteiger partial charge in [0.2, 0.25) is 5.91 Å². The van der Waals surface area contributed by atoms with Gasteiger partial charge in [-0.05, 0) is 80.1 Å². The number of aromatic nitrogens is 4. The molecule has 37 heavy (non-hydrogen) atoms. The molecule has 0 aliphatic heterocycles. The summed E-state index contributed by atoms with van der Waals surface area (Å²) in [6.07, 6.45) is 0. The lowest BCUT2D eigenvalue weighted by atomic mass is 10.2. The lowest BCUT2D eigenvalue weighted by Gasteiger charge is -2.09. The molecule has 10 heteroatoms. The normalized spacial score (nSPS) is 11.1. The summed E-state index contributed by atoms with van der Waals surface area (Å²) < 4.78 is 8.91. The molecule has 1 N–H and O–H groups in total. The SMILES string of the molecule is CCn1c(COc2ccc(Cl)cc2)nnc1SCC(=O)Nc1ccc(-c2nc3ccc(C)cc3s2)cc1. The van der Waals surface area contributed by atoms with Crippen LogP contribution in [0, 0.1) is 6.92 Å². The van der Waals surface area contributed by atoms with E-state index in [2.05, 4.69) is 34.6 Å². The van der Waals surface area contributed by atoms with E-state index in [9.17, 15) is 4.79 Å². The van der Waals surface area contributed by atoms with Gasteiger partial charge in [-0.3, -0.25) is 4.79 Å². The Kier molecular flexibility index (Phi) is 7.73. The number of nitrogens with zero attached hydrogens (tertiary/aromatic N) is 4. The van der Waals surface area contributed by atoms with Crippen molar-refractivity contribution in [3.05, 3.63) is 83.1 Å². The van der Waals surface area contributed by atoms with Crippen molar-refractivity contribution in [3.63, 3.8) is 0 Å². The maximum absolute atomic E-state index is 12.6. The van der Waals surface area contributed by atoms with Gasteiger partial charge in [-0.15, -0.1) is 21.5 Å². The Morgan fingerprint density at radius 2 is 1.86 bits per heavy atom. The average Bonchev–Trinajstić information content (AvgIpc) is 3.50. The van der Waals surface area contributed by atoms with Gasteiger partial charge in [0.1, 0.15) is 17.4 Å². The van der Waals surface area contributed by atoms with Crippen molar-refractivity contribution in [3.8, 4) is 16.3 Å². The number of carbonyl (C=O) groups excluding carboxylic acids is 1. The molecule has 0 aliphatic carbocycles. The van der Waals surface area contributed by atoms with Crippen LogP contribution in [0.1, 0.15) is 18.3 Å². The van der Waals surface area contributed by atoms with Crippen LogP contribution >= 0.6 is 34.7 Å². The van der Waals surface area contributed by atoms with Crippen LogP contribution in [0.15, 0.2) is 71.9 Å². The van der Waals surface area contributed by atoms with Crippen molar-refractivity contribution in [2.75, 3.05) is 11.1 Å². The number of thioether (sulfide) groups is 1. The molecule has 0 unspecified atom stereocenters. The van der Waals surface area contributed by atoms with Crippen molar-refractivity contribution in [2.24, 2.45) is 0 Å². The zero-order chi connectivity index (χ0) is 25.8. The Hall–Kier alpha value is -3.40. The predicted molar refractivity (Wildman–Crippen MR) is 151 cm³/mol. The number of rotatable bonds is 9. The van der Waals surface area contributed by atoms with E-state index in [1.165, 1.54) is 22.0 Å². The first-order valence-electron chi connectivity index (χ1n) is 11.7. The van der Waals surface area contributed by atoms with Crippen molar-refractivity contribution >= 4 is 56.5 Å². The number of carbonyl (C=O) groups is 1. The maximum atomic E-state index is 12.6. The number of benzene rings is 3. The molecule has 7 nitrogen and oxygen atoms in total. The molecule has 1 amide bonds. The lowest BCUT2D eigenvalue weighted by molar-refractivity contribution is -0.113. The fraction of sp³-hybridized carbons (Fsp3) is 0.185. The van der Waals surface area contributed by atoms with Crippen LogP contribution in [-0.2, 0) is 17.9 Å². The highest BCUT2D eigenvalue weighted by atomic mass is 35.5. The van der Waals surface area contributed by atoms with Gasteiger partial charge >= 0.3 is 0 Å². The van der Waals surface area contributed by atoms with Crippen molar-refractivity contribution in [2.45, 2.75) is 32.2 Å². The largest absolute Gasteiger partial charge is 0.486 e. The molecule has 0 saturated carbocycles. The Balaban J connectivity index is 1.16. The van der Waals surface area contributed by atoms with Gasteiger partial charge < -0.3 is 14.6 Å². The molecule has 2 aromatic heterocycles. The molecule has 0 spiro atoms. The second-order valence-electron chi connectivity index (χ2n) is 8.29. The standard InChI is InChI=1S/C27H24ClN5O2S2/c1-3-33-24(15-35-21-11-7-19(28)8-12-21)31-32-27(33)36-16-25(34)29-20-9-5-18(6-10-20)26-30-22-13-4-17(2)14-23(22)37-26/h4-14H,3,15-16H2,1-2H3,(H,29,34). The molecule has 0 radical (unpaired) electrons. The van der Waals surface area contributed by atoms with Gasteiger partial charge in [0, 0.05) is 22.8 Å². The fourth-order valence-electron chi connectivity index (χ4n) is 3.71. The third-order valence-corrected chi connectivity index (χ3v) is 7.87. The van der Waals surface area contributed by atoms with Gasteiger partial charge in [0.15, 0.2) is 11.0 Å². The van der Waals surface area contributed by atoms with Gasteiger partial charge in [-0.2, -0.15) is 0 Å². The van der Waals surface area contributed by atoms with Crippen molar-refractivity contribution in [1.82, 2.24) is 19.7 Å². The van der Waals surface area contributed by atoms with Gasteiger partial charge in [-0.25, -0.2) is 4.98 Å². The van der Waals surface area contributed by atoms with E-state index in [0.29, 0.717) is 28.3 Å². The van der Waals surface area contributed by atoms with Crippen LogP contribution in [0.4, 0.5) is 5.69 Å². The van der Waals surface area contributed by atoms with E-state index < -0.39 is 0 Å². The topological polar surface area (TPSA) is 81.9 Å². The van der Waals surface area contributed by atoms with Crippen LogP contribution in [0.25, 0.3) is 20.8 Å². The molecule has 0 aliphatic rings. The molecule has 0 fully saturated rings. The van der Waals surface area contributed by atoms with Crippen molar-refractivity contribution in [1.29, 1.82) is 0 Å². The molecule has 2 heterocycles. The molecule has 0 saturated heterocycles. The molecule has 5 rings (SSSR count). The number of hydrogen-bond donors (Lipinski definition) is 1. The van der Waals surface area contributed by atoms with Crippen LogP contribution in [0.2, 0.25) is 5.02 Å². The van der Waals surface area contributed by atoms with Crippen LogP contribution in [0.5, 0.6) is 5.75 Å². The minimum Gasteiger partial charge on any atom is -0.486 e. The minimum absolute atomic E-state index is 0.113. The number of nitrogens with one attached hydrogen (secondary N) is 1. The highest BCUT2D eigenvalue weighted by molar-refractivity contribution is 7.99. The Bertz CT molecular complexity index is 1530. The number of hydrogen-bond acceptors (Lipinski definition) is 7. The first kappa shape index (κ1) is 25.3. The Labute approximate surface area is 227 Å².